The van der Waals surface area contributed by atoms with Crippen LogP contribution in [0.5, 0.6) is 0 Å². The minimum Gasteiger partial charge on any atom is -0.467 e. The first kappa shape index (κ1) is 15.8. The fraction of sp³-hybridized carbons (Fsp3) is 0.588. The van der Waals surface area contributed by atoms with E-state index < -0.39 is 0 Å². The number of aromatic nitrogens is 2. The molecule has 0 unspecified atom stereocenters. The van der Waals surface area contributed by atoms with E-state index in [4.69, 9.17) is 4.42 Å². The molecule has 0 saturated heterocycles. The molecular weight excluding hydrogens is 262 g/mol. The highest BCUT2D eigenvalue weighted by Crippen LogP contribution is 2.18. The standard InChI is InChI=1S/C17H27N3O/c1-7-15-12(2)19-20(13(15)3)11-16-14(8-9-21-16)10-18-17(4,5)6/h8-9,18H,7,10-11H2,1-6H3. The maximum Gasteiger partial charge on any atom is 0.129 e. The topological polar surface area (TPSA) is 43.0 Å². The molecular formula is C17H27N3O. The van der Waals surface area contributed by atoms with Crippen molar-refractivity contribution in [1.82, 2.24) is 15.1 Å². The Morgan fingerprint density at radius 2 is 2.00 bits per heavy atom. The molecule has 0 spiro atoms. The van der Waals surface area contributed by atoms with Gasteiger partial charge in [0.1, 0.15) is 5.76 Å². The van der Waals surface area contributed by atoms with E-state index in [1.807, 2.05) is 10.7 Å². The van der Waals surface area contributed by atoms with Crippen molar-refractivity contribution in [3.8, 4) is 0 Å². The van der Waals surface area contributed by atoms with Crippen molar-refractivity contribution in [2.45, 2.75) is 66.6 Å². The Morgan fingerprint density at radius 1 is 1.29 bits per heavy atom. The Hall–Kier alpha value is -1.55. The number of nitrogens with zero attached hydrogens (tertiary/aromatic N) is 2. The highest BCUT2D eigenvalue weighted by atomic mass is 16.3. The lowest BCUT2D eigenvalue weighted by Crippen LogP contribution is -2.35. The molecule has 0 aliphatic rings. The van der Waals surface area contributed by atoms with Gasteiger partial charge in [-0.3, -0.25) is 4.68 Å². The second-order valence-electron chi connectivity index (χ2n) is 6.63. The van der Waals surface area contributed by atoms with E-state index in [1.165, 1.54) is 16.8 Å². The second kappa shape index (κ2) is 6.06. The first-order chi connectivity index (χ1) is 9.81. The smallest absolute Gasteiger partial charge is 0.129 e. The molecule has 0 aromatic carbocycles. The third-order valence-corrected chi connectivity index (χ3v) is 3.83. The number of rotatable bonds is 5. The molecule has 1 N–H and O–H groups in total. The summed E-state index contributed by atoms with van der Waals surface area (Å²) in [6.07, 6.45) is 2.79. The third-order valence-electron chi connectivity index (χ3n) is 3.83. The summed E-state index contributed by atoms with van der Waals surface area (Å²) in [4.78, 5) is 0. The zero-order valence-corrected chi connectivity index (χ0v) is 14.1. The monoisotopic (exact) mass is 289 g/mol. The van der Waals surface area contributed by atoms with Gasteiger partial charge in [-0.05, 0) is 52.7 Å². The minimum atomic E-state index is 0.0993. The van der Waals surface area contributed by atoms with Crippen LogP contribution in [0.15, 0.2) is 16.7 Å². The van der Waals surface area contributed by atoms with E-state index in [0.717, 1.165) is 24.4 Å². The summed E-state index contributed by atoms with van der Waals surface area (Å²) >= 11 is 0. The molecule has 2 aromatic rings. The molecule has 0 bridgehead atoms. The minimum absolute atomic E-state index is 0.0993. The Labute approximate surface area is 127 Å². The predicted octanol–water partition coefficient (Wildman–Crippen LogP) is 3.59. The zero-order chi connectivity index (χ0) is 15.6. The van der Waals surface area contributed by atoms with Gasteiger partial charge in [-0.1, -0.05) is 6.92 Å². The first-order valence-corrected chi connectivity index (χ1v) is 7.65. The number of hydrogen-bond acceptors (Lipinski definition) is 3. The third kappa shape index (κ3) is 3.76. The summed E-state index contributed by atoms with van der Waals surface area (Å²) in [6, 6.07) is 2.04. The van der Waals surface area contributed by atoms with Crippen LogP contribution in [-0.2, 0) is 19.5 Å². The van der Waals surface area contributed by atoms with Crippen molar-refractivity contribution in [1.29, 1.82) is 0 Å². The summed E-state index contributed by atoms with van der Waals surface area (Å²) in [6.45, 7) is 14.4. The van der Waals surface area contributed by atoms with Crippen LogP contribution in [0.25, 0.3) is 0 Å². The van der Waals surface area contributed by atoms with E-state index >= 15 is 0 Å². The fourth-order valence-corrected chi connectivity index (χ4v) is 2.56. The normalized spacial score (nSPS) is 12.1. The van der Waals surface area contributed by atoms with Crippen LogP contribution in [-0.4, -0.2) is 15.3 Å². The molecule has 0 saturated carbocycles. The summed E-state index contributed by atoms with van der Waals surface area (Å²) < 4.78 is 7.72. The maximum absolute atomic E-state index is 5.67. The fourth-order valence-electron chi connectivity index (χ4n) is 2.56. The largest absolute Gasteiger partial charge is 0.467 e. The van der Waals surface area contributed by atoms with Crippen LogP contribution in [0.4, 0.5) is 0 Å². The van der Waals surface area contributed by atoms with Crippen molar-refractivity contribution in [3.05, 3.63) is 40.6 Å². The van der Waals surface area contributed by atoms with E-state index in [9.17, 15) is 0 Å². The summed E-state index contributed by atoms with van der Waals surface area (Å²) in [7, 11) is 0. The molecule has 4 nitrogen and oxygen atoms in total. The van der Waals surface area contributed by atoms with Gasteiger partial charge in [0.15, 0.2) is 0 Å². The average Bonchev–Trinajstić information content (AvgIpc) is 2.92. The SMILES string of the molecule is CCc1c(C)nn(Cc2occc2CNC(C)(C)C)c1C. The molecule has 0 amide bonds. The van der Waals surface area contributed by atoms with E-state index in [1.54, 1.807) is 6.26 Å². The average molecular weight is 289 g/mol. The number of hydrogen-bond donors (Lipinski definition) is 1. The zero-order valence-electron chi connectivity index (χ0n) is 14.1. The highest BCUT2D eigenvalue weighted by molar-refractivity contribution is 5.26. The van der Waals surface area contributed by atoms with E-state index in [-0.39, 0.29) is 5.54 Å². The Morgan fingerprint density at radius 3 is 2.57 bits per heavy atom. The Kier molecular flexibility index (Phi) is 4.57. The lowest BCUT2D eigenvalue weighted by Gasteiger charge is -2.20. The Balaban J connectivity index is 2.16. The molecule has 2 rings (SSSR count). The quantitative estimate of drug-likeness (QED) is 0.914. The van der Waals surface area contributed by atoms with Gasteiger partial charge in [-0.2, -0.15) is 5.10 Å². The molecule has 2 aromatic heterocycles. The van der Waals surface area contributed by atoms with Crippen LogP contribution >= 0.6 is 0 Å². The van der Waals surface area contributed by atoms with Gasteiger partial charge in [0, 0.05) is 23.3 Å². The van der Waals surface area contributed by atoms with Crippen molar-refractivity contribution in [2.75, 3.05) is 0 Å². The van der Waals surface area contributed by atoms with E-state index in [0.29, 0.717) is 6.54 Å². The predicted molar refractivity (Wildman–Crippen MR) is 85.5 cm³/mol. The van der Waals surface area contributed by atoms with Crippen LogP contribution in [0.3, 0.4) is 0 Å². The molecule has 4 heteroatoms. The molecule has 116 valence electrons. The first-order valence-electron chi connectivity index (χ1n) is 7.65. The van der Waals surface area contributed by atoms with Crippen molar-refractivity contribution < 1.29 is 4.42 Å². The Bertz CT molecular complexity index is 602. The van der Waals surface area contributed by atoms with Crippen molar-refractivity contribution in [2.24, 2.45) is 0 Å². The van der Waals surface area contributed by atoms with Gasteiger partial charge in [-0.15, -0.1) is 0 Å². The molecule has 0 radical (unpaired) electrons. The van der Waals surface area contributed by atoms with Gasteiger partial charge in [-0.25, -0.2) is 0 Å². The van der Waals surface area contributed by atoms with Crippen LogP contribution < -0.4 is 5.32 Å². The molecule has 0 aliphatic heterocycles. The van der Waals surface area contributed by atoms with Crippen LogP contribution in [0.2, 0.25) is 0 Å². The van der Waals surface area contributed by atoms with Crippen molar-refractivity contribution >= 4 is 0 Å². The van der Waals surface area contributed by atoms with Gasteiger partial charge in [0.25, 0.3) is 0 Å². The van der Waals surface area contributed by atoms with Gasteiger partial charge < -0.3 is 9.73 Å². The molecule has 21 heavy (non-hydrogen) atoms. The lowest BCUT2D eigenvalue weighted by molar-refractivity contribution is 0.415. The van der Waals surface area contributed by atoms with Crippen molar-refractivity contribution in [3.63, 3.8) is 0 Å². The van der Waals surface area contributed by atoms with Gasteiger partial charge in [0.2, 0.25) is 0 Å². The second-order valence-corrected chi connectivity index (χ2v) is 6.63. The van der Waals surface area contributed by atoms with Crippen LogP contribution in [0, 0.1) is 13.8 Å². The molecule has 0 atom stereocenters. The van der Waals surface area contributed by atoms with Gasteiger partial charge >= 0.3 is 0 Å². The number of nitrogens with one attached hydrogen (secondary N) is 1. The maximum atomic E-state index is 5.67. The summed E-state index contributed by atoms with van der Waals surface area (Å²) in [5, 5.41) is 8.15. The molecule has 2 heterocycles. The van der Waals surface area contributed by atoms with Gasteiger partial charge in [0.05, 0.1) is 18.5 Å². The summed E-state index contributed by atoms with van der Waals surface area (Å²) in [5.41, 5.74) is 5.01. The van der Waals surface area contributed by atoms with E-state index in [2.05, 4.69) is 52.0 Å². The number of aryl methyl sites for hydroxylation is 1. The highest BCUT2D eigenvalue weighted by Gasteiger charge is 2.15. The lowest BCUT2D eigenvalue weighted by atomic mass is 10.1. The summed E-state index contributed by atoms with van der Waals surface area (Å²) in [5.74, 6) is 0.986. The molecule has 0 fully saturated rings. The number of furan rings is 1. The molecule has 0 aliphatic carbocycles. The van der Waals surface area contributed by atoms with Crippen LogP contribution in [0.1, 0.15) is 56.0 Å².